The maximum atomic E-state index is 11.1. The molecule has 39 heavy (non-hydrogen) atoms. The number of nitrogens with one attached hydrogen (secondary N) is 2. The Bertz CT molecular complexity index is 1400. The zero-order chi connectivity index (χ0) is 27.4. The van der Waals surface area contributed by atoms with Crippen molar-refractivity contribution in [3.8, 4) is 17.2 Å². The van der Waals surface area contributed by atoms with Crippen molar-refractivity contribution in [3.05, 3.63) is 137 Å². The van der Waals surface area contributed by atoms with Crippen LogP contribution >= 0.6 is 0 Å². The Morgan fingerprint density at radius 2 is 0.744 bits per heavy atom. The molecule has 4 N–H and O–H groups in total. The van der Waals surface area contributed by atoms with Gasteiger partial charge in [0.05, 0.1) is 27.2 Å². The quantitative estimate of drug-likeness (QED) is 0.188. The summed E-state index contributed by atoms with van der Waals surface area (Å²) in [5.41, 5.74) is 5.70. The van der Waals surface area contributed by atoms with Crippen LogP contribution in [0.3, 0.4) is 0 Å². The van der Waals surface area contributed by atoms with Gasteiger partial charge < -0.3 is 34.4 Å². The third-order valence-electron chi connectivity index (χ3n) is 6.99. The molecule has 0 aliphatic heterocycles. The Hall–Kier alpha value is -4.46. The van der Waals surface area contributed by atoms with Crippen LogP contribution in [0.15, 0.2) is 97.1 Å². The van der Waals surface area contributed by atoms with E-state index in [-0.39, 0.29) is 5.92 Å². The van der Waals surface area contributed by atoms with Crippen molar-refractivity contribution in [1.29, 1.82) is 0 Å². The average molecular weight is 525 g/mol. The van der Waals surface area contributed by atoms with E-state index in [9.17, 15) is 10.2 Å². The van der Waals surface area contributed by atoms with Crippen LogP contribution < -0.4 is 14.2 Å². The second-order valence-electron chi connectivity index (χ2n) is 9.30. The summed E-state index contributed by atoms with van der Waals surface area (Å²) in [6, 6.07) is 30.4. The number of aromatic nitrogens is 2. The molecule has 7 heteroatoms. The number of H-pyrrole nitrogens is 2. The normalized spacial score (nSPS) is 13.5. The highest BCUT2D eigenvalue weighted by Gasteiger charge is 2.23. The molecule has 0 radical (unpaired) electrons. The highest BCUT2D eigenvalue weighted by Crippen LogP contribution is 2.35. The van der Waals surface area contributed by atoms with Gasteiger partial charge in [-0.1, -0.05) is 36.4 Å². The van der Waals surface area contributed by atoms with E-state index < -0.39 is 12.2 Å². The summed E-state index contributed by atoms with van der Waals surface area (Å²) in [4.78, 5) is 6.88. The van der Waals surface area contributed by atoms with Gasteiger partial charge in [0, 0.05) is 22.8 Å². The molecule has 3 aromatic carbocycles. The van der Waals surface area contributed by atoms with E-state index >= 15 is 0 Å². The van der Waals surface area contributed by atoms with Crippen molar-refractivity contribution in [1.82, 2.24) is 9.97 Å². The Labute approximate surface area is 227 Å². The molecule has 2 unspecified atom stereocenters. The number of rotatable bonds is 10. The topological polar surface area (TPSA) is 99.7 Å². The van der Waals surface area contributed by atoms with Crippen molar-refractivity contribution >= 4 is 0 Å². The molecule has 0 saturated carbocycles. The Morgan fingerprint density at radius 3 is 1.08 bits per heavy atom. The zero-order valence-electron chi connectivity index (χ0n) is 22.1. The number of hydrogen-bond acceptors (Lipinski definition) is 5. The largest absolute Gasteiger partial charge is 0.497 e. The molecule has 7 nitrogen and oxygen atoms in total. The molecule has 2 atom stereocenters. The van der Waals surface area contributed by atoms with Gasteiger partial charge >= 0.3 is 0 Å². The predicted octanol–water partition coefficient (Wildman–Crippen LogP) is 5.71. The van der Waals surface area contributed by atoms with Crippen molar-refractivity contribution in [2.24, 2.45) is 0 Å². The fourth-order valence-corrected chi connectivity index (χ4v) is 4.77. The predicted molar refractivity (Wildman–Crippen MR) is 150 cm³/mol. The first kappa shape index (κ1) is 26.2. The Kier molecular flexibility index (Phi) is 7.72. The van der Waals surface area contributed by atoms with Gasteiger partial charge in [-0.15, -0.1) is 0 Å². The van der Waals surface area contributed by atoms with Gasteiger partial charge in [-0.05, 0) is 77.4 Å². The lowest BCUT2D eigenvalue weighted by Gasteiger charge is -2.17. The standard InChI is InChI=1S/C32H32N2O5/c1-37-23-10-4-20(5-11-23)30(26-16-18-28(33-26)31(35)21-6-12-24(38-2)13-7-21)27-17-19-29(34-27)32(36)22-8-14-25(39-3)15-9-22/h4-19,30-36H,1-3H3. The van der Waals surface area contributed by atoms with Crippen LogP contribution in [-0.4, -0.2) is 41.5 Å². The molecule has 5 rings (SSSR count). The van der Waals surface area contributed by atoms with Crippen LogP contribution in [-0.2, 0) is 0 Å². The molecule has 5 aromatic rings. The third kappa shape index (κ3) is 5.55. The van der Waals surface area contributed by atoms with Crippen LogP contribution in [0.1, 0.15) is 57.6 Å². The van der Waals surface area contributed by atoms with Gasteiger partial charge in [0.1, 0.15) is 29.5 Å². The molecule has 0 spiro atoms. The van der Waals surface area contributed by atoms with E-state index in [4.69, 9.17) is 14.2 Å². The van der Waals surface area contributed by atoms with E-state index in [0.717, 1.165) is 45.3 Å². The summed E-state index contributed by atoms with van der Waals surface area (Å²) in [5.74, 6) is 2.03. The molecular weight excluding hydrogens is 492 g/mol. The molecule has 2 heterocycles. The van der Waals surface area contributed by atoms with E-state index in [0.29, 0.717) is 11.4 Å². The van der Waals surface area contributed by atoms with Crippen molar-refractivity contribution in [2.45, 2.75) is 18.1 Å². The number of ether oxygens (including phenoxy) is 3. The molecule has 2 aromatic heterocycles. The first-order chi connectivity index (χ1) is 19.0. The lowest BCUT2D eigenvalue weighted by molar-refractivity contribution is 0.215. The van der Waals surface area contributed by atoms with Crippen molar-refractivity contribution < 1.29 is 24.4 Å². The van der Waals surface area contributed by atoms with E-state index in [1.54, 1.807) is 21.3 Å². The van der Waals surface area contributed by atoms with E-state index in [1.807, 2.05) is 97.1 Å². The number of aromatic amines is 2. The monoisotopic (exact) mass is 524 g/mol. The fraction of sp³-hybridized carbons (Fsp3) is 0.188. The number of hydrogen-bond donors (Lipinski definition) is 4. The van der Waals surface area contributed by atoms with Crippen LogP contribution in [0.5, 0.6) is 17.2 Å². The Morgan fingerprint density at radius 1 is 0.436 bits per heavy atom. The van der Waals surface area contributed by atoms with Crippen LogP contribution in [0, 0.1) is 0 Å². The van der Waals surface area contributed by atoms with Crippen LogP contribution in [0.2, 0.25) is 0 Å². The molecular formula is C32H32N2O5. The highest BCUT2D eigenvalue weighted by atomic mass is 16.5. The second kappa shape index (κ2) is 11.5. The summed E-state index contributed by atoms with van der Waals surface area (Å²) in [7, 11) is 4.87. The molecule has 0 aliphatic rings. The number of benzene rings is 3. The summed E-state index contributed by atoms with van der Waals surface area (Å²) in [6.07, 6.45) is -1.64. The summed E-state index contributed by atoms with van der Waals surface area (Å²) in [5, 5.41) is 22.1. The minimum atomic E-state index is -0.822. The number of aliphatic hydroxyl groups excluding tert-OH is 2. The van der Waals surface area contributed by atoms with Gasteiger partial charge in [0.25, 0.3) is 0 Å². The minimum Gasteiger partial charge on any atom is -0.497 e. The SMILES string of the molecule is COc1ccc(C(O)c2ccc(C(c3ccc(OC)cc3)c3ccc(C(O)c4ccc(OC)cc4)[nH]3)[nH]2)cc1. The van der Waals surface area contributed by atoms with E-state index in [1.165, 1.54) is 0 Å². The van der Waals surface area contributed by atoms with Gasteiger partial charge in [-0.2, -0.15) is 0 Å². The van der Waals surface area contributed by atoms with Crippen molar-refractivity contribution in [3.63, 3.8) is 0 Å². The fourth-order valence-electron chi connectivity index (χ4n) is 4.77. The van der Waals surface area contributed by atoms with E-state index in [2.05, 4.69) is 9.97 Å². The molecule has 0 aliphatic carbocycles. The molecule has 200 valence electrons. The maximum Gasteiger partial charge on any atom is 0.119 e. The maximum absolute atomic E-state index is 11.1. The number of methoxy groups -OCH3 is 3. The molecule has 0 bridgehead atoms. The summed E-state index contributed by atoms with van der Waals surface area (Å²) >= 11 is 0. The van der Waals surface area contributed by atoms with Gasteiger partial charge in [0.2, 0.25) is 0 Å². The second-order valence-corrected chi connectivity index (χ2v) is 9.30. The van der Waals surface area contributed by atoms with Gasteiger partial charge in [-0.3, -0.25) is 0 Å². The molecule has 0 fully saturated rings. The third-order valence-corrected chi connectivity index (χ3v) is 6.99. The van der Waals surface area contributed by atoms with Crippen LogP contribution in [0.25, 0.3) is 0 Å². The molecule has 0 saturated heterocycles. The van der Waals surface area contributed by atoms with Crippen LogP contribution in [0.4, 0.5) is 0 Å². The van der Waals surface area contributed by atoms with Gasteiger partial charge in [0.15, 0.2) is 0 Å². The van der Waals surface area contributed by atoms with Crippen molar-refractivity contribution in [2.75, 3.05) is 21.3 Å². The minimum absolute atomic E-state index is 0.204. The average Bonchev–Trinajstić information content (AvgIpc) is 3.68. The first-order valence-corrected chi connectivity index (χ1v) is 12.7. The lowest BCUT2D eigenvalue weighted by Crippen LogP contribution is -2.07. The first-order valence-electron chi connectivity index (χ1n) is 12.7. The van der Waals surface area contributed by atoms with Gasteiger partial charge in [-0.25, -0.2) is 0 Å². The summed E-state index contributed by atoms with van der Waals surface area (Å²) in [6.45, 7) is 0. The summed E-state index contributed by atoms with van der Waals surface area (Å²) < 4.78 is 15.8. The highest BCUT2D eigenvalue weighted by molar-refractivity contribution is 5.43. The molecule has 0 amide bonds. The lowest BCUT2D eigenvalue weighted by atomic mass is 9.92. The zero-order valence-corrected chi connectivity index (χ0v) is 22.1. The number of aliphatic hydroxyl groups is 2. The Balaban J connectivity index is 1.48. The smallest absolute Gasteiger partial charge is 0.119 e.